The molecule has 5 heteroatoms. The first-order chi connectivity index (χ1) is 10.0. The normalized spacial score (nSPS) is 10.2. The van der Waals surface area contributed by atoms with E-state index in [1.54, 1.807) is 48.5 Å². The third kappa shape index (κ3) is 4.99. The number of esters is 1. The van der Waals surface area contributed by atoms with Gasteiger partial charge in [-0.05, 0) is 48.5 Å². The fraction of sp³-hybridized carbons (Fsp3) is 0.125. The van der Waals surface area contributed by atoms with Crippen molar-refractivity contribution in [2.45, 2.75) is 12.8 Å². The van der Waals surface area contributed by atoms with E-state index >= 15 is 0 Å². The number of hydrogen-bond donors (Lipinski definition) is 0. The molecule has 0 aliphatic rings. The van der Waals surface area contributed by atoms with Gasteiger partial charge in [-0.1, -0.05) is 27.5 Å². The smallest absolute Gasteiger partial charge is 0.311 e. The fourth-order valence-corrected chi connectivity index (χ4v) is 2.07. The third-order valence-corrected chi connectivity index (χ3v) is 3.55. The molecule has 3 nitrogen and oxygen atoms in total. The predicted molar refractivity (Wildman–Crippen MR) is 84.8 cm³/mol. The van der Waals surface area contributed by atoms with Crippen LogP contribution < -0.4 is 4.74 Å². The molecule has 0 fully saturated rings. The maximum atomic E-state index is 11.9. The number of ether oxygens (including phenoxy) is 1. The summed E-state index contributed by atoms with van der Waals surface area (Å²) in [6.07, 6.45) is 0.147. The molecule has 2 rings (SSSR count). The molecule has 0 radical (unpaired) electrons. The largest absolute Gasteiger partial charge is 0.427 e. The van der Waals surface area contributed by atoms with Crippen molar-refractivity contribution in [1.29, 1.82) is 0 Å². The van der Waals surface area contributed by atoms with E-state index in [1.165, 1.54) is 0 Å². The number of ketones is 1. The number of carbonyl (C=O) groups excluding carboxylic acids is 2. The van der Waals surface area contributed by atoms with Crippen molar-refractivity contribution in [3.8, 4) is 5.75 Å². The lowest BCUT2D eigenvalue weighted by atomic mass is 10.1. The van der Waals surface area contributed by atoms with Gasteiger partial charge in [-0.25, -0.2) is 0 Å². The Labute approximate surface area is 136 Å². The van der Waals surface area contributed by atoms with E-state index in [4.69, 9.17) is 16.3 Å². The number of benzene rings is 2. The Balaban J connectivity index is 1.84. The number of Topliss-reactive ketones (excluding diaryl/α,β-unsaturated/α-hetero) is 1. The van der Waals surface area contributed by atoms with E-state index in [9.17, 15) is 9.59 Å². The highest BCUT2D eigenvalue weighted by Gasteiger charge is 2.11. The quantitative estimate of drug-likeness (QED) is 0.438. The summed E-state index contributed by atoms with van der Waals surface area (Å²) in [5.74, 6) is -0.0822. The van der Waals surface area contributed by atoms with Crippen LogP contribution in [0.3, 0.4) is 0 Å². The van der Waals surface area contributed by atoms with Crippen LogP contribution in [0.4, 0.5) is 0 Å². The Morgan fingerprint density at radius 3 is 2.19 bits per heavy atom. The Hall–Kier alpha value is -1.65. The van der Waals surface area contributed by atoms with Crippen LogP contribution in [0.5, 0.6) is 5.75 Å². The number of carbonyl (C=O) groups is 2. The first-order valence-electron chi connectivity index (χ1n) is 6.29. The van der Waals surface area contributed by atoms with Gasteiger partial charge in [-0.2, -0.15) is 0 Å². The molecule has 0 saturated heterocycles. The van der Waals surface area contributed by atoms with Gasteiger partial charge >= 0.3 is 5.97 Å². The molecule has 108 valence electrons. The van der Waals surface area contributed by atoms with Gasteiger partial charge in [-0.15, -0.1) is 0 Å². The molecule has 0 aliphatic carbocycles. The van der Waals surface area contributed by atoms with Crippen LogP contribution in [-0.2, 0) is 4.79 Å². The lowest BCUT2D eigenvalue weighted by Crippen LogP contribution is -2.10. The summed E-state index contributed by atoms with van der Waals surface area (Å²) in [4.78, 5) is 23.6. The molecule has 0 spiro atoms. The molecule has 0 aliphatic heterocycles. The Bertz CT molecular complexity index is 636. The first-order valence-corrected chi connectivity index (χ1v) is 7.47. The van der Waals surface area contributed by atoms with Crippen molar-refractivity contribution in [3.63, 3.8) is 0 Å². The molecule has 0 atom stereocenters. The van der Waals surface area contributed by atoms with Crippen LogP contribution in [0.2, 0.25) is 5.02 Å². The lowest BCUT2D eigenvalue weighted by Gasteiger charge is -2.04. The second-order valence-corrected chi connectivity index (χ2v) is 5.71. The summed E-state index contributed by atoms with van der Waals surface area (Å²) in [7, 11) is 0. The van der Waals surface area contributed by atoms with Crippen molar-refractivity contribution in [2.75, 3.05) is 0 Å². The minimum atomic E-state index is -0.431. The van der Waals surface area contributed by atoms with Gasteiger partial charge in [0, 0.05) is 21.5 Å². The van der Waals surface area contributed by atoms with Crippen LogP contribution in [-0.4, -0.2) is 11.8 Å². The Kier molecular flexibility index (Phi) is 5.53. The van der Waals surface area contributed by atoms with E-state index in [0.29, 0.717) is 16.3 Å². The average molecular weight is 368 g/mol. The highest BCUT2D eigenvalue weighted by Crippen LogP contribution is 2.17. The molecule has 0 unspecified atom stereocenters. The standard InChI is InChI=1S/C16H12BrClO3/c17-12-3-7-14(8-4-12)21-16(20)10-9-15(19)11-1-5-13(18)6-2-11/h1-8H,9-10H2. The zero-order valence-electron chi connectivity index (χ0n) is 11.0. The second kappa shape index (κ2) is 7.38. The van der Waals surface area contributed by atoms with Gasteiger partial charge in [0.25, 0.3) is 0 Å². The maximum absolute atomic E-state index is 11.9. The summed E-state index contributed by atoms with van der Waals surface area (Å²) < 4.78 is 6.04. The second-order valence-electron chi connectivity index (χ2n) is 4.36. The van der Waals surface area contributed by atoms with E-state index in [0.717, 1.165) is 4.47 Å². The first kappa shape index (κ1) is 15.7. The third-order valence-electron chi connectivity index (χ3n) is 2.77. The highest BCUT2D eigenvalue weighted by atomic mass is 79.9. The summed E-state index contributed by atoms with van der Waals surface area (Å²) in [5, 5.41) is 0.571. The summed E-state index contributed by atoms with van der Waals surface area (Å²) in [5.41, 5.74) is 0.538. The van der Waals surface area contributed by atoms with Crippen LogP contribution in [0.1, 0.15) is 23.2 Å². The molecule has 2 aromatic rings. The van der Waals surface area contributed by atoms with Gasteiger partial charge in [0.1, 0.15) is 5.75 Å². The minimum absolute atomic E-state index is 0.0392. The van der Waals surface area contributed by atoms with Gasteiger partial charge in [-0.3, -0.25) is 9.59 Å². The number of hydrogen-bond acceptors (Lipinski definition) is 3. The minimum Gasteiger partial charge on any atom is -0.427 e. The monoisotopic (exact) mass is 366 g/mol. The van der Waals surface area contributed by atoms with E-state index in [2.05, 4.69) is 15.9 Å². The van der Waals surface area contributed by atoms with Crippen LogP contribution in [0, 0.1) is 0 Å². The number of halogens is 2. The molecule has 2 aromatic carbocycles. The number of rotatable bonds is 5. The van der Waals surface area contributed by atoms with Gasteiger partial charge in [0.15, 0.2) is 5.78 Å². The van der Waals surface area contributed by atoms with Crippen molar-refractivity contribution in [1.82, 2.24) is 0 Å². The topological polar surface area (TPSA) is 43.4 Å². The lowest BCUT2D eigenvalue weighted by molar-refractivity contribution is -0.134. The average Bonchev–Trinajstić information content (AvgIpc) is 2.48. The molecular formula is C16H12BrClO3. The molecule has 21 heavy (non-hydrogen) atoms. The van der Waals surface area contributed by atoms with Gasteiger partial charge in [0.2, 0.25) is 0 Å². The van der Waals surface area contributed by atoms with Crippen LogP contribution in [0.15, 0.2) is 53.0 Å². The van der Waals surface area contributed by atoms with Crippen molar-refractivity contribution in [2.24, 2.45) is 0 Å². The van der Waals surface area contributed by atoms with Crippen molar-refractivity contribution < 1.29 is 14.3 Å². The van der Waals surface area contributed by atoms with E-state index in [-0.39, 0.29) is 18.6 Å². The van der Waals surface area contributed by atoms with Crippen molar-refractivity contribution >= 4 is 39.3 Å². The zero-order chi connectivity index (χ0) is 15.2. The highest BCUT2D eigenvalue weighted by molar-refractivity contribution is 9.10. The SMILES string of the molecule is O=C(CCC(=O)c1ccc(Cl)cc1)Oc1ccc(Br)cc1. The van der Waals surface area contributed by atoms with Crippen LogP contribution >= 0.6 is 27.5 Å². The predicted octanol–water partition coefficient (Wildman–Crippen LogP) is 4.67. The molecule has 0 saturated carbocycles. The van der Waals surface area contributed by atoms with Crippen molar-refractivity contribution in [3.05, 3.63) is 63.6 Å². The van der Waals surface area contributed by atoms with Crippen LogP contribution in [0.25, 0.3) is 0 Å². The van der Waals surface area contributed by atoms with Gasteiger partial charge < -0.3 is 4.74 Å². The molecule has 0 aromatic heterocycles. The molecular weight excluding hydrogens is 356 g/mol. The Morgan fingerprint density at radius 1 is 0.952 bits per heavy atom. The molecule has 0 heterocycles. The van der Waals surface area contributed by atoms with Gasteiger partial charge in [0.05, 0.1) is 6.42 Å². The van der Waals surface area contributed by atoms with E-state index < -0.39 is 5.97 Å². The molecule has 0 N–H and O–H groups in total. The summed E-state index contributed by atoms with van der Waals surface area (Å²) in [6.45, 7) is 0. The Morgan fingerprint density at radius 2 is 1.57 bits per heavy atom. The summed E-state index contributed by atoms with van der Waals surface area (Å²) >= 11 is 9.05. The maximum Gasteiger partial charge on any atom is 0.311 e. The molecule has 0 bridgehead atoms. The zero-order valence-corrected chi connectivity index (χ0v) is 13.4. The molecule has 0 amide bonds. The van der Waals surface area contributed by atoms with E-state index in [1.807, 2.05) is 0 Å². The summed E-state index contributed by atoms with van der Waals surface area (Å²) in [6, 6.07) is 13.5. The fourth-order valence-electron chi connectivity index (χ4n) is 1.68.